The normalized spacial score (nSPS) is 10.1. The van der Waals surface area contributed by atoms with E-state index >= 15 is 0 Å². The molecule has 0 bridgehead atoms. The molecule has 0 aliphatic rings. The molecule has 94 valence electrons. The molecule has 0 atom stereocenters. The maximum Gasteiger partial charge on any atom is 0.234 e. The van der Waals surface area contributed by atoms with E-state index < -0.39 is 0 Å². The van der Waals surface area contributed by atoms with Crippen LogP contribution >= 0.6 is 23.2 Å². The minimum Gasteiger partial charge on any atom is -0.477 e. The first-order chi connectivity index (χ1) is 8.19. The SMILES string of the molecule is C=CCCCOc1nc(NCC)c(Cl)cc1Cl. The number of allylic oxidation sites excluding steroid dienone is 1. The van der Waals surface area contributed by atoms with E-state index in [4.69, 9.17) is 27.9 Å². The maximum atomic E-state index is 5.99. The first kappa shape index (κ1) is 14.1. The van der Waals surface area contributed by atoms with E-state index in [-0.39, 0.29) is 0 Å². The van der Waals surface area contributed by atoms with Crippen molar-refractivity contribution in [1.29, 1.82) is 0 Å². The summed E-state index contributed by atoms with van der Waals surface area (Å²) in [7, 11) is 0. The van der Waals surface area contributed by atoms with E-state index in [1.807, 2.05) is 13.0 Å². The molecule has 5 heteroatoms. The number of anilines is 1. The highest BCUT2D eigenvalue weighted by Crippen LogP contribution is 2.30. The fourth-order valence-electron chi connectivity index (χ4n) is 1.24. The van der Waals surface area contributed by atoms with E-state index in [0.29, 0.717) is 28.3 Å². The van der Waals surface area contributed by atoms with Crippen molar-refractivity contribution in [2.75, 3.05) is 18.5 Å². The number of nitrogens with zero attached hydrogens (tertiary/aromatic N) is 1. The Morgan fingerprint density at radius 1 is 1.47 bits per heavy atom. The van der Waals surface area contributed by atoms with Crippen LogP contribution in [0.5, 0.6) is 5.88 Å². The number of unbranched alkanes of at least 4 members (excludes halogenated alkanes) is 1. The summed E-state index contributed by atoms with van der Waals surface area (Å²) in [6, 6.07) is 1.64. The Kier molecular flexibility index (Phi) is 6.16. The van der Waals surface area contributed by atoms with E-state index in [2.05, 4.69) is 16.9 Å². The lowest BCUT2D eigenvalue weighted by Crippen LogP contribution is -2.04. The van der Waals surface area contributed by atoms with Crippen molar-refractivity contribution in [1.82, 2.24) is 4.98 Å². The van der Waals surface area contributed by atoms with Gasteiger partial charge in [-0.3, -0.25) is 0 Å². The number of pyridine rings is 1. The van der Waals surface area contributed by atoms with Crippen LogP contribution in [0.2, 0.25) is 10.0 Å². The molecular formula is C12H16Cl2N2O. The predicted octanol–water partition coefficient (Wildman–Crippen LogP) is 4.17. The fraction of sp³-hybridized carbons (Fsp3) is 0.417. The fourth-order valence-corrected chi connectivity index (χ4v) is 1.72. The third-order valence-electron chi connectivity index (χ3n) is 2.03. The molecule has 0 fully saturated rings. The molecule has 0 aliphatic carbocycles. The number of hydrogen-bond donors (Lipinski definition) is 1. The van der Waals surface area contributed by atoms with Gasteiger partial charge in [0.05, 0.1) is 11.6 Å². The highest BCUT2D eigenvalue weighted by Gasteiger charge is 2.09. The second-order valence-corrected chi connectivity index (χ2v) is 4.23. The van der Waals surface area contributed by atoms with Crippen molar-refractivity contribution in [2.45, 2.75) is 19.8 Å². The highest BCUT2D eigenvalue weighted by molar-refractivity contribution is 6.36. The number of rotatable bonds is 7. The average Bonchev–Trinajstić information content (AvgIpc) is 2.30. The Bertz CT molecular complexity index is 383. The van der Waals surface area contributed by atoms with Gasteiger partial charge in [0, 0.05) is 6.54 Å². The molecule has 0 spiro atoms. The Hall–Kier alpha value is -0.930. The summed E-state index contributed by atoms with van der Waals surface area (Å²) in [6.07, 6.45) is 3.65. The lowest BCUT2D eigenvalue weighted by Gasteiger charge is -2.10. The molecular weight excluding hydrogens is 259 g/mol. The van der Waals surface area contributed by atoms with Gasteiger partial charge in [0.2, 0.25) is 5.88 Å². The molecule has 0 unspecified atom stereocenters. The minimum absolute atomic E-state index is 0.413. The lowest BCUT2D eigenvalue weighted by atomic mass is 10.3. The number of halogens is 2. The summed E-state index contributed by atoms with van der Waals surface area (Å²) < 4.78 is 5.49. The van der Waals surface area contributed by atoms with E-state index in [1.165, 1.54) is 0 Å². The van der Waals surface area contributed by atoms with Crippen LogP contribution in [-0.4, -0.2) is 18.1 Å². The van der Waals surface area contributed by atoms with Gasteiger partial charge in [-0.25, -0.2) is 0 Å². The maximum absolute atomic E-state index is 5.99. The number of hydrogen-bond acceptors (Lipinski definition) is 3. The van der Waals surface area contributed by atoms with Crippen molar-refractivity contribution in [3.63, 3.8) is 0 Å². The Morgan fingerprint density at radius 3 is 2.88 bits per heavy atom. The Labute approximate surface area is 112 Å². The summed E-state index contributed by atoms with van der Waals surface area (Å²) in [4.78, 5) is 4.24. The summed E-state index contributed by atoms with van der Waals surface area (Å²) in [5.74, 6) is 1.01. The molecule has 1 aromatic heterocycles. The Morgan fingerprint density at radius 2 is 2.24 bits per heavy atom. The van der Waals surface area contributed by atoms with Crippen LogP contribution in [0, 0.1) is 0 Å². The van der Waals surface area contributed by atoms with Gasteiger partial charge in [0.25, 0.3) is 0 Å². The van der Waals surface area contributed by atoms with Gasteiger partial charge in [-0.1, -0.05) is 29.3 Å². The van der Waals surface area contributed by atoms with Gasteiger partial charge in [0.1, 0.15) is 10.8 Å². The molecule has 0 saturated carbocycles. The zero-order chi connectivity index (χ0) is 12.7. The molecule has 0 aliphatic heterocycles. The van der Waals surface area contributed by atoms with E-state index in [1.54, 1.807) is 6.07 Å². The van der Waals surface area contributed by atoms with E-state index in [9.17, 15) is 0 Å². The topological polar surface area (TPSA) is 34.1 Å². The van der Waals surface area contributed by atoms with Crippen LogP contribution in [0.15, 0.2) is 18.7 Å². The molecule has 0 aromatic carbocycles. The van der Waals surface area contributed by atoms with Crippen LogP contribution in [0.25, 0.3) is 0 Å². The summed E-state index contributed by atoms with van der Waals surface area (Å²) in [6.45, 7) is 6.92. The molecule has 1 N–H and O–H groups in total. The highest BCUT2D eigenvalue weighted by atomic mass is 35.5. The van der Waals surface area contributed by atoms with Gasteiger partial charge < -0.3 is 10.1 Å². The third-order valence-corrected chi connectivity index (χ3v) is 2.59. The zero-order valence-electron chi connectivity index (χ0n) is 9.80. The smallest absolute Gasteiger partial charge is 0.234 e. The number of nitrogens with one attached hydrogen (secondary N) is 1. The molecule has 1 rings (SSSR count). The summed E-state index contributed by atoms with van der Waals surface area (Å²) in [5.41, 5.74) is 0. The van der Waals surface area contributed by atoms with Gasteiger partial charge in [-0.2, -0.15) is 4.98 Å². The average molecular weight is 275 g/mol. The van der Waals surface area contributed by atoms with Gasteiger partial charge >= 0.3 is 0 Å². The van der Waals surface area contributed by atoms with Gasteiger partial charge in [-0.15, -0.1) is 6.58 Å². The van der Waals surface area contributed by atoms with E-state index in [0.717, 1.165) is 19.4 Å². The molecule has 1 aromatic rings. The minimum atomic E-state index is 0.413. The quantitative estimate of drug-likeness (QED) is 0.599. The van der Waals surface area contributed by atoms with Crippen LogP contribution in [0.1, 0.15) is 19.8 Å². The Balaban J connectivity index is 2.69. The zero-order valence-corrected chi connectivity index (χ0v) is 11.3. The van der Waals surface area contributed by atoms with Crippen LogP contribution in [0.4, 0.5) is 5.82 Å². The van der Waals surface area contributed by atoms with Crippen LogP contribution < -0.4 is 10.1 Å². The van der Waals surface area contributed by atoms with Crippen molar-refractivity contribution < 1.29 is 4.74 Å². The van der Waals surface area contributed by atoms with Crippen molar-refractivity contribution >= 4 is 29.0 Å². The molecule has 17 heavy (non-hydrogen) atoms. The van der Waals surface area contributed by atoms with Gasteiger partial charge in [-0.05, 0) is 25.8 Å². The second-order valence-electron chi connectivity index (χ2n) is 3.42. The number of ether oxygens (including phenoxy) is 1. The summed E-state index contributed by atoms with van der Waals surface area (Å²) >= 11 is 12.0. The lowest BCUT2D eigenvalue weighted by molar-refractivity contribution is 0.301. The first-order valence-corrected chi connectivity index (χ1v) is 6.28. The standard InChI is InChI=1S/C12H16Cl2N2O/c1-3-5-6-7-17-12-10(14)8-9(13)11(16-12)15-4-2/h3,8H,1,4-7H2,2H3,(H,15,16). The predicted molar refractivity (Wildman–Crippen MR) is 73.3 cm³/mol. The monoisotopic (exact) mass is 274 g/mol. The number of aromatic nitrogens is 1. The second kappa shape index (κ2) is 7.41. The first-order valence-electron chi connectivity index (χ1n) is 5.52. The molecule has 0 saturated heterocycles. The van der Waals surface area contributed by atoms with Crippen molar-refractivity contribution in [3.05, 3.63) is 28.8 Å². The largest absolute Gasteiger partial charge is 0.477 e. The van der Waals surface area contributed by atoms with Crippen LogP contribution in [-0.2, 0) is 0 Å². The van der Waals surface area contributed by atoms with Gasteiger partial charge in [0.15, 0.2) is 0 Å². The third kappa shape index (κ3) is 4.44. The molecule has 0 radical (unpaired) electrons. The van der Waals surface area contributed by atoms with Crippen LogP contribution in [0.3, 0.4) is 0 Å². The molecule has 0 amide bonds. The van der Waals surface area contributed by atoms with Crippen molar-refractivity contribution in [3.8, 4) is 5.88 Å². The summed E-state index contributed by atoms with van der Waals surface area (Å²) in [5, 5.41) is 3.97. The molecule has 3 nitrogen and oxygen atoms in total. The van der Waals surface area contributed by atoms with Crippen molar-refractivity contribution in [2.24, 2.45) is 0 Å². The molecule has 1 heterocycles.